The number of carbonyl (C=O) groups is 1. The lowest BCUT2D eigenvalue weighted by atomic mass is 9.99. The van der Waals surface area contributed by atoms with Gasteiger partial charge in [-0.1, -0.05) is 30.7 Å². The normalized spacial score (nSPS) is 19.5. The fourth-order valence-electron chi connectivity index (χ4n) is 4.59. The maximum atomic E-state index is 12.9. The highest BCUT2D eigenvalue weighted by atomic mass is 16.5. The van der Waals surface area contributed by atoms with Crippen molar-refractivity contribution in [1.29, 1.82) is 0 Å². The molecule has 2 aliphatic rings. The molecule has 5 heteroatoms. The average Bonchev–Trinajstić information content (AvgIpc) is 3.32. The molecular formula is C25H27N3O2. The molecule has 6 bridgehead atoms. The topological polar surface area (TPSA) is 47.4 Å². The molecule has 1 aromatic heterocycles. The number of benzene rings is 2. The average molecular weight is 402 g/mol. The first-order valence-corrected chi connectivity index (χ1v) is 10.9. The van der Waals surface area contributed by atoms with Crippen molar-refractivity contribution in [3.05, 3.63) is 77.9 Å². The Kier molecular flexibility index (Phi) is 5.26. The number of fused-ring (bicyclic) bond motifs is 7. The van der Waals surface area contributed by atoms with Crippen molar-refractivity contribution >= 4 is 5.91 Å². The van der Waals surface area contributed by atoms with E-state index in [0.717, 1.165) is 62.3 Å². The molecule has 5 nitrogen and oxygen atoms in total. The summed E-state index contributed by atoms with van der Waals surface area (Å²) in [5.74, 6) is 2.11. The molecule has 0 aliphatic carbocycles. The molecule has 3 aromatic rings. The molecule has 30 heavy (non-hydrogen) atoms. The molecule has 0 saturated carbocycles. The van der Waals surface area contributed by atoms with Crippen LogP contribution in [0, 0.1) is 5.92 Å². The van der Waals surface area contributed by atoms with Gasteiger partial charge in [-0.3, -0.25) is 4.79 Å². The first kappa shape index (κ1) is 18.9. The number of aromatic nitrogens is 2. The van der Waals surface area contributed by atoms with E-state index in [2.05, 4.69) is 27.8 Å². The molecule has 1 amide bonds. The molecule has 1 unspecified atom stereocenters. The van der Waals surface area contributed by atoms with Gasteiger partial charge in [0.2, 0.25) is 5.91 Å². The molecule has 2 aromatic carbocycles. The lowest BCUT2D eigenvalue weighted by molar-refractivity contribution is -0.131. The fourth-order valence-corrected chi connectivity index (χ4v) is 4.59. The molecule has 1 saturated heterocycles. The van der Waals surface area contributed by atoms with E-state index in [-0.39, 0.29) is 5.92 Å². The summed E-state index contributed by atoms with van der Waals surface area (Å²) in [5, 5.41) is 0. The van der Waals surface area contributed by atoms with Gasteiger partial charge >= 0.3 is 0 Å². The van der Waals surface area contributed by atoms with Crippen LogP contribution in [0.4, 0.5) is 0 Å². The minimum Gasteiger partial charge on any atom is -0.457 e. The molecule has 5 rings (SSSR count). The van der Waals surface area contributed by atoms with Crippen LogP contribution in [0.1, 0.15) is 42.5 Å². The molecule has 0 spiro atoms. The van der Waals surface area contributed by atoms with E-state index in [1.165, 1.54) is 11.3 Å². The highest BCUT2D eigenvalue weighted by Gasteiger charge is 2.30. The largest absolute Gasteiger partial charge is 0.457 e. The van der Waals surface area contributed by atoms with Crippen LogP contribution in [0.15, 0.2) is 61.1 Å². The number of carbonyl (C=O) groups excluding carboxylic acids is 1. The number of hydrogen-bond donors (Lipinski definition) is 0. The summed E-state index contributed by atoms with van der Waals surface area (Å²) in [6, 6.07) is 16.3. The summed E-state index contributed by atoms with van der Waals surface area (Å²) in [7, 11) is 0. The third-order valence-corrected chi connectivity index (χ3v) is 6.20. The van der Waals surface area contributed by atoms with E-state index in [1.807, 2.05) is 47.8 Å². The number of rotatable bonds is 0. The van der Waals surface area contributed by atoms with Gasteiger partial charge in [-0.15, -0.1) is 0 Å². The Morgan fingerprint density at radius 3 is 2.50 bits per heavy atom. The van der Waals surface area contributed by atoms with E-state index in [9.17, 15) is 4.79 Å². The standard InChI is InChI=1S/C25H27N3O2/c29-25-21-7-1-2-8-22-15-26-18-28(22)17-20-6-4-10-24(14-20)30-23-9-3-5-19(13-23)16-27(25)12-11-21/h3-6,9-10,13-15,18,21H,1-2,7-8,11-12,16-17H2. The van der Waals surface area contributed by atoms with Crippen LogP contribution in [-0.4, -0.2) is 26.9 Å². The predicted octanol–water partition coefficient (Wildman–Crippen LogP) is 4.80. The van der Waals surface area contributed by atoms with Gasteiger partial charge < -0.3 is 14.2 Å². The lowest BCUT2D eigenvalue weighted by Gasteiger charge is -2.18. The molecular weight excluding hydrogens is 374 g/mol. The second-order valence-electron chi connectivity index (χ2n) is 8.40. The van der Waals surface area contributed by atoms with Crippen LogP contribution >= 0.6 is 0 Å². The van der Waals surface area contributed by atoms with Crippen molar-refractivity contribution in [3.8, 4) is 11.5 Å². The van der Waals surface area contributed by atoms with Gasteiger partial charge in [-0.05, 0) is 61.1 Å². The summed E-state index contributed by atoms with van der Waals surface area (Å²) in [4.78, 5) is 19.2. The SMILES string of the molecule is O=C1C2CCCCc3cncn3Cc3cccc(c3)Oc3cccc(c3)CN1CC2. The Balaban J connectivity index is 1.45. The van der Waals surface area contributed by atoms with Crippen molar-refractivity contribution in [3.63, 3.8) is 0 Å². The van der Waals surface area contributed by atoms with Crippen molar-refractivity contribution in [2.45, 2.75) is 45.2 Å². The number of amides is 1. The van der Waals surface area contributed by atoms with E-state index in [1.54, 1.807) is 0 Å². The Hall–Kier alpha value is -3.08. The Bertz CT molecular complexity index is 1040. The Morgan fingerprint density at radius 2 is 1.70 bits per heavy atom. The number of ether oxygens (including phenoxy) is 1. The van der Waals surface area contributed by atoms with Gasteiger partial charge in [0.15, 0.2) is 0 Å². The number of hydrogen-bond acceptors (Lipinski definition) is 3. The number of imidazole rings is 1. The van der Waals surface area contributed by atoms with Crippen molar-refractivity contribution in [1.82, 2.24) is 14.5 Å². The van der Waals surface area contributed by atoms with Gasteiger partial charge in [0.25, 0.3) is 0 Å². The zero-order valence-corrected chi connectivity index (χ0v) is 17.2. The van der Waals surface area contributed by atoms with E-state index in [0.29, 0.717) is 12.5 Å². The molecule has 3 heterocycles. The second kappa shape index (κ2) is 8.34. The Labute approximate surface area is 177 Å². The van der Waals surface area contributed by atoms with Crippen molar-refractivity contribution in [2.24, 2.45) is 5.92 Å². The number of aryl methyl sites for hydroxylation is 1. The molecule has 1 fully saturated rings. The Morgan fingerprint density at radius 1 is 0.933 bits per heavy atom. The first-order valence-electron chi connectivity index (χ1n) is 10.9. The van der Waals surface area contributed by atoms with Gasteiger partial charge in [0, 0.05) is 37.4 Å². The summed E-state index contributed by atoms with van der Waals surface area (Å²) in [6.45, 7) is 2.29. The zero-order valence-electron chi connectivity index (χ0n) is 17.2. The predicted molar refractivity (Wildman–Crippen MR) is 115 cm³/mol. The summed E-state index contributed by atoms with van der Waals surface area (Å²) < 4.78 is 8.37. The highest BCUT2D eigenvalue weighted by molar-refractivity contribution is 5.80. The summed E-state index contributed by atoms with van der Waals surface area (Å²) >= 11 is 0. The van der Waals surface area contributed by atoms with Crippen LogP contribution < -0.4 is 4.74 Å². The number of nitrogens with zero attached hydrogens (tertiary/aromatic N) is 3. The van der Waals surface area contributed by atoms with Crippen LogP contribution in [0.3, 0.4) is 0 Å². The first-order chi connectivity index (χ1) is 14.7. The third kappa shape index (κ3) is 4.11. The summed E-state index contributed by atoms with van der Waals surface area (Å²) in [6.07, 6.45) is 8.98. The van der Waals surface area contributed by atoms with E-state index in [4.69, 9.17) is 4.74 Å². The smallest absolute Gasteiger partial charge is 0.226 e. The zero-order chi connectivity index (χ0) is 20.3. The minimum absolute atomic E-state index is 0.174. The van der Waals surface area contributed by atoms with Gasteiger partial charge in [0.05, 0.1) is 6.33 Å². The maximum absolute atomic E-state index is 12.9. The molecule has 1 atom stereocenters. The summed E-state index contributed by atoms with van der Waals surface area (Å²) in [5.41, 5.74) is 3.55. The van der Waals surface area contributed by atoms with Crippen LogP contribution in [0.25, 0.3) is 0 Å². The third-order valence-electron chi connectivity index (χ3n) is 6.20. The second-order valence-corrected chi connectivity index (χ2v) is 8.40. The van der Waals surface area contributed by atoms with Crippen molar-refractivity contribution in [2.75, 3.05) is 6.54 Å². The molecule has 0 radical (unpaired) electrons. The quantitative estimate of drug-likeness (QED) is 0.544. The molecule has 2 aliphatic heterocycles. The molecule has 154 valence electrons. The maximum Gasteiger partial charge on any atom is 0.226 e. The van der Waals surface area contributed by atoms with E-state index < -0.39 is 0 Å². The van der Waals surface area contributed by atoms with Gasteiger partial charge in [0.1, 0.15) is 11.5 Å². The van der Waals surface area contributed by atoms with Crippen LogP contribution in [0.2, 0.25) is 0 Å². The fraction of sp³-hybridized carbons (Fsp3) is 0.360. The van der Waals surface area contributed by atoms with Crippen LogP contribution in [-0.2, 0) is 24.3 Å². The lowest BCUT2D eigenvalue weighted by Crippen LogP contribution is -2.26. The molecule has 0 N–H and O–H groups in total. The van der Waals surface area contributed by atoms with Crippen molar-refractivity contribution < 1.29 is 9.53 Å². The van der Waals surface area contributed by atoms with Gasteiger partial charge in [-0.2, -0.15) is 0 Å². The van der Waals surface area contributed by atoms with E-state index >= 15 is 0 Å². The monoisotopic (exact) mass is 401 g/mol. The van der Waals surface area contributed by atoms with Gasteiger partial charge in [-0.25, -0.2) is 4.98 Å². The highest BCUT2D eigenvalue weighted by Crippen LogP contribution is 2.28. The van der Waals surface area contributed by atoms with Crippen LogP contribution in [0.5, 0.6) is 11.5 Å². The minimum atomic E-state index is 0.174.